The van der Waals surface area contributed by atoms with E-state index in [0.717, 1.165) is 55.1 Å². The Hall–Kier alpha value is -2.74. The number of carbonyl (C=O) groups is 1. The monoisotopic (exact) mass is 566 g/mol. The van der Waals surface area contributed by atoms with Gasteiger partial charge < -0.3 is 14.5 Å². The van der Waals surface area contributed by atoms with Gasteiger partial charge in [-0.05, 0) is 69.4 Å². The van der Waals surface area contributed by atoms with Gasteiger partial charge in [0, 0.05) is 31.1 Å². The van der Waals surface area contributed by atoms with Gasteiger partial charge in [-0.3, -0.25) is 14.5 Å². The fourth-order valence-corrected chi connectivity index (χ4v) is 7.17. The van der Waals surface area contributed by atoms with Gasteiger partial charge in [-0.2, -0.15) is 0 Å². The average molecular weight is 567 g/mol. The Labute approximate surface area is 245 Å². The first kappa shape index (κ1) is 31.2. The second-order valence-corrected chi connectivity index (χ2v) is 12.3. The van der Waals surface area contributed by atoms with E-state index in [1.807, 2.05) is 35.8 Å². The lowest BCUT2D eigenvalue weighted by Gasteiger charge is -2.47. The Kier molecular flexibility index (Phi) is 11.4. The molecule has 1 aromatic carbocycles. The first-order valence-electron chi connectivity index (χ1n) is 16.0. The van der Waals surface area contributed by atoms with Crippen LogP contribution in [0.2, 0.25) is 0 Å². The van der Waals surface area contributed by atoms with Gasteiger partial charge in [-0.1, -0.05) is 63.7 Å². The number of rotatable bonds is 13. The molecule has 41 heavy (non-hydrogen) atoms. The van der Waals surface area contributed by atoms with Crippen LogP contribution in [-0.4, -0.2) is 56.5 Å². The van der Waals surface area contributed by atoms with Crippen LogP contribution >= 0.6 is 0 Å². The zero-order chi connectivity index (χ0) is 29.4. The Morgan fingerprint density at radius 3 is 2.66 bits per heavy atom. The summed E-state index contributed by atoms with van der Waals surface area (Å²) in [4.78, 5) is 38.3. The quantitative estimate of drug-likeness (QED) is 0.211. The normalized spacial score (nSPS) is 24.8. The van der Waals surface area contributed by atoms with Crippen molar-refractivity contribution in [2.24, 2.45) is 17.0 Å². The molecule has 4 rings (SSSR count). The van der Waals surface area contributed by atoms with E-state index in [1.165, 1.54) is 38.5 Å². The van der Waals surface area contributed by atoms with Gasteiger partial charge in [-0.25, -0.2) is 4.98 Å². The first-order valence-corrected chi connectivity index (χ1v) is 16.0. The van der Waals surface area contributed by atoms with E-state index in [1.54, 1.807) is 0 Å². The third-order valence-corrected chi connectivity index (χ3v) is 9.33. The molecule has 1 saturated carbocycles. The van der Waals surface area contributed by atoms with Gasteiger partial charge in [0.1, 0.15) is 12.3 Å². The van der Waals surface area contributed by atoms with Crippen LogP contribution in [0.1, 0.15) is 116 Å². The van der Waals surface area contributed by atoms with Crippen LogP contribution in [0.4, 0.5) is 0 Å². The molecular weight excluding hydrogens is 516 g/mol. The standard InChI is InChI=1S/C33H50N4O4/c1-5-11-25-22-27(18-19-36(25)26-13-10-12-24(21-26)20-23(4)6-2)37-30-15-9-8-14-28(30)34-32(33(37)40)29(35-41-7-3)16-17-31(38)39/h8-9,14-15,23-27H,5-7,10-13,16-22H2,1-4H3,(H,38,39)/b35-29+/t23-,24+,25-,26-,27-/m1/s1. The highest BCUT2D eigenvalue weighted by molar-refractivity contribution is 6.00. The molecule has 226 valence electrons. The van der Waals surface area contributed by atoms with Crippen molar-refractivity contribution >= 4 is 22.7 Å². The largest absolute Gasteiger partial charge is 0.481 e. The van der Waals surface area contributed by atoms with Gasteiger partial charge in [0.15, 0.2) is 5.69 Å². The van der Waals surface area contributed by atoms with Crippen molar-refractivity contribution in [1.82, 2.24) is 14.5 Å². The van der Waals surface area contributed by atoms with Gasteiger partial charge in [0.25, 0.3) is 5.56 Å². The Balaban J connectivity index is 1.65. The van der Waals surface area contributed by atoms with Crippen LogP contribution < -0.4 is 5.56 Å². The van der Waals surface area contributed by atoms with Crippen molar-refractivity contribution in [1.29, 1.82) is 0 Å². The maximum absolute atomic E-state index is 14.2. The summed E-state index contributed by atoms with van der Waals surface area (Å²) >= 11 is 0. The molecule has 5 atom stereocenters. The third-order valence-electron chi connectivity index (χ3n) is 9.33. The number of para-hydroxylation sites is 2. The number of aromatic nitrogens is 2. The number of likely N-dealkylation sites (tertiary alicyclic amines) is 1. The fraction of sp³-hybridized carbons (Fsp3) is 0.697. The Morgan fingerprint density at radius 2 is 1.93 bits per heavy atom. The lowest BCUT2D eigenvalue weighted by molar-refractivity contribution is -0.136. The van der Waals surface area contributed by atoms with Gasteiger partial charge >= 0.3 is 5.97 Å². The number of fused-ring (bicyclic) bond motifs is 1. The minimum atomic E-state index is -0.945. The minimum absolute atomic E-state index is 0.0502. The molecule has 1 aliphatic carbocycles. The summed E-state index contributed by atoms with van der Waals surface area (Å²) in [6.07, 6.45) is 11.9. The number of aliphatic carboxylic acids is 1. The van der Waals surface area contributed by atoms with E-state index < -0.39 is 5.97 Å². The van der Waals surface area contributed by atoms with E-state index in [0.29, 0.717) is 24.4 Å². The predicted octanol–water partition coefficient (Wildman–Crippen LogP) is 6.80. The van der Waals surface area contributed by atoms with Crippen LogP contribution in [0.25, 0.3) is 11.0 Å². The molecule has 1 aliphatic heterocycles. The van der Waals surface area contributed by atoms with Crippen molar-refractivity contribution in [3.63, 3.8) is 0 Å². The summed E-state index contributed by atoms with van der Waals surface area (Å²) in [5.74, 6) is 0.676. The third kappa shape index (κ3) is 7.76. The maximum atomic E-state index is 14.2. The number of oxime groups is 1. The second-order valence-electron chi connectivity index (χ2n) is 12.3. The van der Waals surface area contributed by atoms with E-state index in [-0.39, 0.29) is 30.1 Å². The zero-order valence-electron chi connectivity index (χ0n) is 25.6. The molecule has 1 saturated heterocycles. The van der Waals surface area contributed by atoms with Crippen LogP contribution in [0, 0.1) is 11.8 Å². The summed E-state index contributed by atoms with van der Waals surface area (Å²) in [5.41, 5.74) is 1.85. The molecule has 8 heteroatoms. The van der Waals surface area contributed by atoms with Crippen molar-refractivity contribution in [3.05, 3.63) is 40.3 Å². The van der Waals surface area contributed by atoms with Crippen LogP contribution in [0.15, 0.2) is 34.2 Å². The van der Waals surface area contributed by atoms with E-state index in [2.05, 4.69) is 30.8 Å². The topological polar surface area (TPSA) is 97.0 Å². The average Bonchev–Trinajstić information content (AvgIpc) is 2.97. The molecule has 0 spiro atoms. The SMILES string of the molecule is CCC[C@@H]1C[C@H](n2c(=O)c(/C(CCC(=O)O)=N/OCC)nc3ccccc32)CCN1[C@@H]1CCC[C@@H](C[C@H](C)CC)C1. The van der Waals surface area contributed by atoms with Gasteiger partial charge in [0.05, 0.1) is 17.5 Å². The number of hydrogen-bond acceptors (Lipinski definition) is 6. The molecule has 1 aromatic heterocycles. The molecule has 0 bridgehead atoms. The van der Waals surface area contributed by atoms with Crippen molar-refractivity contribution in [2.75, 3.05) is 13.2 Å². The lowest BCUT2D eigenvalue weighted by Crippen LogP contribution is -2.51. The summed E-state index contributed by atoms with van der Waals surface area (Å²) < 4.78 is 1.94. The number of carboxylic acids is 1. The lowest BCUT2D eigenvalue weighted by atomic mass is 9.78. The second kappa shape index (κ2) is 14.9. The van der Waals surface area contributed by atoms with Gasteiger partial charge in [-0.15, -0.1) is 0 Å². The summed E-state index contributed by atoms with van der Waals surface area (Å²) in [6, 6.07) is 8.90. The summed E-state index contributed by atoms with van der Waals surface area (Å²) in [6.45, 7) is 10.1. The first-order chi connectivity index (χ1) is 19.9. The number of nitrogens with zero attached hydrogens (tertiary/aromatic N) is 4. The molecule has 0 radical (unpaired) electrons. The number of benzene rings is 1. The molecule has 2 heterocycles. The van der Waals surface area contributed by atoms with Crippen LogP contribution in [0.3, 0.4) is 0 Å². The van der Waals surface area contributed by atoms with Crippen molar-refractivity contribution in [3.8, 4) is 0 Å². The minimum Gasteiger partial charge on any atom is -0.481 e. The molecular formula is C33H50N4O4. The molecule has 0 amide bonds. The highest BCUT2D eigenvalue weighted by atomic mass is 16.6. The number of hydrogen-bond donors (Lipinski definition) is 1. The molecule has 2 aromatic rings. The predicted molar refractivity (Wildman–Crippen MR) is 165 cm³/mol. The highest BCUT2D eigenvalue weighted by Crippen LogP contribution is 2.38. The van der Waals surface area contributed by atoms with E-state index in [4.69, 9.17) is 9.82 Å². The van der Waals surface area contributed by atoms with Crippen LogP contribution in [-0.2, 0) is 9.63 Å². The summed E-state index contributed by atoms with van der Waals surface area (Å²) in [5, 5.41) is 13.5. The van der Waals surface area contributed by atoms with Crippen LogP contribution in [0.5, 0.6) is 0 Å². The zero-order valence-corrected chi connectivity index (χ0v) is 25.6. The summed E-state index contributed by atoms with van der Waals surface area (Å²) in [7, 11) is 0. The van der Waals surface area contributed by atoms with Crippen molar-refractivity contribution < 1.29 is 14.7 Å². The Bertz CT molecular complexity index is 1240. The molecule has 2 aliphatic rings. The number of carboxylic acid groups (broad SMARTS) is 1. The fourth-order valence-electron chi connectivity index (χ4n) is 7.17. The van der Waals surface area contributed by atoms with E-state index >= 15 is 0 Å². The number of piperidine rings is 1. The maximum Gasteiger partial charge on any atom is 0.303 e. The Morgan fingerprint density at radius 1 is 1.12 bits per heavy atom. The molecule has 1 N–H and O–H groups in total. The molecule has 0 unspecified atom stereocenters. The highest BCUT2D eigenvalue weighted by Gasteiger charge is 2.36. The smallest absolute Gasteiger partial charge is 0.303 e. The molecule has 8 nitrogen and oxygen atoms in total. The van der Waals surface area contributed by atoms with Gasteiger partial charge in [0.2, 0.25) is 0 Å². The molecule has 2 fully saturated rings. The van der Waals surface area contributed by atoms with E-state index in [9.17, 15) is 14.7 Å². The van der Waals surface area contributed by atoms with Crippen molar-refractivity contribution in [2.45, 2.75) is 123 Å².